The number of carbonyl (C=O) groups excluding carboxylic acids is 1. The van der Waals surface area contributed by atoms with E-state index in [1.165, 1.54) is 24.3 Å². The Bertz CT molecular complexity index is 1030. The molecular weight excluding hydrogens is 437 g/mol. The van der Waals surface area contributed by atoms with Crippen molar-refractivity contribution in [2.24, 2.45) is 0 Å². The van der Waals surface area contributed by atoms with Crippen molar-refractivity contribution in [2.45, 2.75) is 17.2 Å². The number of amides is 1. The number of aliphatic hydroxyl groups is 1. The van der Waals surface area contributed by atoms with Gasteiger partial charge in [-0.1, -0.05) is 23.2 Å². The van der Waals surface area contributed by atoms with Crippen LogP contribution < -0.4 is 5.32 Å². The molecule has 0 aliphatic carbocycles. The van der Waals surface area contributed by atoms with Crippen molar-refractivity contribution in [3.05, 3.63) is 57.8 Å². The van der Waals surface area contributed by atoms with Gasteiger partial charge in [0.1, 0.15) is 23.0 Å². The lowest BCUT2D eigenvalue weighted by Crippen LogP contribution is -2.30. The molecule has 0 bridgehead atoms. The SMILES string of the molecule is O=C(Nc1ccc(F)c(Cl)c1)c1ccc(Cl)c(S(=O)(=O)N2CC(O)C(F)C2)c1. The minimum Gasteiger partial charge on any atom is -0.389 e. The molecule has 0 aromatic heterocycles. The van der Waals surface area contributed by atoms with Crippen molar-refractivity contribution in [1.29, 1.82) is 0 Å². The molecule has 1 aliphatic rings. The number of hydrogen-bond donors (Lipinski definition) is 2. The zero-order chi connectivity index (χ0) is 20.6. The smallest absolute Gasteiger partial charge is 0.255 e. The van der Waals surface area contributed by atoms with E-state index >= 15 is 0 Å². The number of carbonyl (C=O) groups is 1. The lowest BCUT2D eigenvalue weighted by molar-refractivity contribution is 0.102. The molecule has 2 unspecified atom stereocenters. The molecule has 28 heavy (non-hydrogen) atoms. The molecule has 1 fully saturated rings. The van der Waals surface area contributed by atoms with Gasteiger partial charge < -0.3 is 10.4 Å². The van der Waals surface area contributed by atoms with Gasteiger partial charge in [-0.3, -0.25) is 4.79 Å². The predicted octanol–water partition coefficient (Wildman–Crippen LogP) is 3.09. The summed E-state index contributed by atoms with van der Waals surface area (Å²) in [6.07, 6.45) is -3.13. The first-order valence-electron chi connectivity index (χ1n) is 7.98. The lowest BCUT2D eigenvalue weighted by Gasteiger charge is -2.17. The Hall–Kier alpha value is -1.78. The van der Waals surface area contributed by atoms with Gasteiger partial charge in [-0.25, -0.2) is 17.2 Å². The van der Waals surface area contributed by atoms with Gasteiger partial charge in [0.05, 0.1) is 10.0 Å². The summed E-state index contributed by atoms with van der Waals surface area (Å²) in [6, 6.07) is 7.14. The molecule has 2 N–H and O–H groups in total. The van der Waals surface area contributed by atoms with Crippen LogP contribution in [0.25, 0.3) is 0 Å². The van der Waals surface area contributed by atoms with Gasteiger partial charge in [-0.05, 0) is 36.4 Å². The summed E-state index contributed by atoms with van der Waals surface area (Å²) in [5.74, 6) is -1.33. The first-order chi connectivity index (χ1) is 13.1. The van der Waals surface area contributed by atoms with E-state index < -0.39 is 47.1 Å². The van der Waals surface area contributed by atoms with Crippen LogP contribution in [-0.2, 0) is 10.0 Å². The normalized spacial score (nSPS) is 20.3. The van der Waals surface area contributed by atoms with E-state index in [-0.39, 0.29) is 26.2 Å². The number of benzene rings is 2. The first kappa shape index (κ1) is 20.9. The highest BCUT2D eigenvalue weighted by atomic mass is 35.5. The van der Waals surface area contributed by atoms with Gasteiger partial charge in [0.25, 0.3) is 5.91 Å². The van der Waals surface area contributed by atoms with Crippen LogP contribution in [0.4, 0.5) is 14.5 Å². The third-order valence-corrected chi connectivity index (χ3v) is 6.78. The number of anilines is 1. The molecule has 1 amide bonds. The van der Waals surface area contributed by atoms with E-state index in [4.69, 9.17) is 23.2 Å². The average Bonchev–Trinajstić information content (AvgIpc) is 2.98. The van der Waals surface area contributed by atoms with Gasteiger partial charge in [-0.2, -0.15) is 4.31 Å². The number of alkyl halides is 1. The van der Waals surface area contributed by atoms with Crippen molar-refractivity contribution in [3.63, 3.8) is 0 Å². The molecule has 6 nitrogen and oxygen atoms in total. The summed E-state index contributed by atoms with van der Waals surface area (Å²) in [6.45, 7) is -0.922. The molecule has 0 spiro atoms. The largest absolute Gasteiger partial charge is 0.389 e. The minimum absolute atomic E-state index is 0.0417. The van der Waals surface area contributed by atoms with Crippen molar-refractivity contribution < 1.29 is 27.1 Å². The zero-order valence-electron chi connectivity index (χ0n) is 14.1. The fourth-order valence-corrected chi connectivity index (χ4v) is 4.82. The Kier molecular flexibility index (Phi) is 5.92. The number of nitrogens with zero attached hydrogens (tertiary/aromatic N) is 1. The highest BCUT2D eigenvalue weighted by Crippen LogP contribution is 2.29. The third kappa shape index (κ3) is 4.13. The summed E-state index contributed by atoms with van der Waals surface area (Å²) in [4.78, 5) is 12.0. The summed E-state index contributed by atoms with van der Waals surface area (Å²) >= 11 is 11.6. The second-order valence-corrected chi connectivity index (χ2v) is 8.85. The highest BCUT2D eigenvalue weighted by Gasteiger charge is 2.39. The second-order valence-electron chi connectivity index (χ2n) is 6.13. The molecule has 1 saturated heterocycles. The van der Waals surface area contributed by atoms with E-state index in [0.29, 0.717) is 0 Å². The number of aliphatic hydroxyl groups excluding tert-OH is 1. The molecule has 2 aromatic rings. The predicted molar refractivity (Wildman–Crippen MR) is 100 cm³/mol. The summed E-state index contributed by atoms with van der Waals surface area (Å²) in [7, 11) is -4.23. The number of rotatable bonds is 4. The van der Waals surface area contributed by atoms with Crippen LogP contribution in [0.1, 0.15) is 10.4 Å². The molecule has 0 saturated carbocycles. The molecule has 1 heterocycles. The summed E-state index contributed by atoms with van der Waals surface area (Å²) in [5.41, 5.74) is 0.165. The van der Waals surface area contributed by atoms with E-state index in [9.17, 15) is 27.1 Å². The van der Waals surface area contributed by atoms with E-state index in [1.807, 2.05) is 0 Å². The fraction of sp³-hybridized carbons (Fsp3) is 0.235. The van der Waals surface area contributed by atoms with Crippen LogP contribution in [-0.4, -0.2) is 49.1 Å². The standard InChI is InChI=1S/C17H14Cl2F2N2O4S/c18-11-3-1-9(17(25)22-10-2-4-13(20)12(19)6-10)5-16(11)28(26,27)23-7-14(21)15(24)8-23/h1-6,14-15,24H,7-8H2,(H,22,25). The topological polar surface area (TPSA) is 86.7 Å². The highest BCUT2D eigenvalue weighted by molar-refractivity contribution is 7.89. The van der Waals surface area contributed by atoms with Gasteiger partial charge in [-0.15, -0.1) is 0 Å². The molecule has 11 heteroatoms. The van der Waals surface area contributed by atoms with Crippen LogP contribution in [0.2, 0.25) is 10.0 Å². The van der Waals surface area contributed by atoms with Crippen molar-refractivity contribution in [1.82, 2.24) is 4.31 Å². The third-order valence-electron chi connectivity index (χ3n) is 4.17. The van der Waals surface area contributed by atoms with Crippen LogP contribution >= 0.6 is 23.2 Å². The van der Waals surface area contributed by atoms with Gasteiger partial charge >= 0.3 is 0 Å². The second kappa shape index (κ2) is 7.92. The Labute approximate surface area is 169 Å². The molecule has 3 rings (SSSR count). The van der Waals surface area contributed by atoms with Crippen molar-refractivity contribution >= 4 is 44.8 Å². The number of nitrogens with one attached hydrogen (secondary N) is 1. The monoisotopic (exact) mass is 450 g/mol. The van der Waals surface area contributed by atoms with Crippen molar-refractivity contribution in [3.8, 4) is 0 Å². The summed E-state index contributed by atoms with van der Waals surface area (Å²) in [5, 5.41) is 11.6. The lowest BCUT2D eigenvalue weighted by atomic mass is 10.2. The maximum Gasteiger partial charge on any atom is 0.255 e. The number of sulfonamides is 1. The Morgan fingerprint density at radius 3 is 2.46 bits per heavy atom. The molecule has 150 valence electrons. The van der Waals surface area contributed by atoms with Crippen LogP contribution in [0.15, 0.2) is 41.3 Å². The summed E-state index contributed by atoms with van der Waals surface area (Å²) < 4.78 is 53.0. The van der Waals surface area contributed by atoms with E-state index in [1.54, 1.807) is 0 Å². The van der Waals surface area contributed by atoms with Crippen LogP contribution in [0, 0.1) is 5.82 Å². The van der Waals surface area contributed by atoms with Crippen molar-refractivity contribution in [2.75, 3.05) is 18.4 Å². The van der Waals surface area contributed by atoms with Crippen LogP contribution in [0.5, 0.6) is 0 Å². The molecule has 0 radical (unpaired) electrons. The molecular formula is C17H14Cl2F2N2O4S. The zero-order valence-corrected chi connectivity index (χ0v) is 16.4. The van der Waals surface area contributed by atoms with Gasteiger partial charge in [0.2, 0.25) is 10.0 Å². The Balaban J connectivity index is 1.88. The Morgan fingerprint density at radius 1 is 1.14 bits per heavy atom. The average molecular weight is 451 g/mol. The Morgan fingerprint density at radius 2 is 1.86 bits per heavy atom. The number of halogens is 4. The maximum absolute atomic E-state index is 13.5. The van der Waals surface area contributed by atoms with E-state index in [2.05, 4.69) is 5.32 Å². The van der Waals surface area contributed by atoms with E-state index in [0.717, 1.165) is 16.4 Å². The fourth-order valence-electron chi connectivity index (χ4n) is 2.67. The molecule has 2 aromatic carbocycles. The van der Waals surface area contributed by atoms with Crippen LogP contribution in [0.3, 0.4) is 0 Å². The molecule has 2 atom stereocenters. The molecule has 1 aliphatic heterocycles. The number of β-amino-alcohol motifs (C(OH)–C–C–N with tert-alkyl or cyclic N) is 1. The minimum atomic E-state index is -4.23. The maximum atomic E-state index is 13.5. The quantitative estimate of drug-likeness (QED) is 0.748. The number of hydrogen-bond acceptors (Lipinski definition) is 4. The first-order valence-corrected chi connectivity index (χ1v) is 10.2. The van der Waals surface area contributed by atoms with Gasteiger partial charge in [0.15, 0.2) is 0 Å². The van der Waals surface area contributed by atoms with Gasteiger partial charge in [0, 0.05) is 24.3 Å².